The molecule has 1 rings (SSSR count). The highest BCUT2D eigenvalue weighted by Gasteiger charge is 2.37. The van der Waals surface area contributed by atoms with Crippen molar-refractivity contribution in [3.05, 3.63) is 32.9 Å². The standard InChI is InChI=1S/C7H2BrF3N2O2/c8-3-1-4(6(14)13-15)5(12-2-3)7(9,10)11/h1-2H. The SMILES string of the molecule is O=NC(=O)c1cc(Br)cnc1C(F)(F)F. The first-order valence-corrected chi connectivity index (χ1v) is 4.26. The largest absolute Gasteiger partial charge is 0.434 e. The Kier molecular flexibility index (Phi) is 3.18. The summed E-state index contributed by atoms with van der Waals surface area (Å²) in [5.41, 5.74) is -2.29. The van der Waals surface area contributed by atoms with E-state index in [1.165, 1.54) is 0 Å². The Balaban J connectivity index is 3.39. The van der Waals surface area contributed by atoms with Gasteiger partial charge in [-0.3, -0.25) is 4.79 Å². The predicted octanol–water partition coefficient (Wildman–Crippen LogP) is 2.77. The maximum absolute atomic E-state index is 12.3. The lowest BCUT2D eigenvalue weighted by Crippen LogP contribution is -2.14. The highest BCUT2D eigenvalue weighted by atomic mass is 79.9. The molecule has 8 heteroatoms. The molecule has 0 radical (unpaired) electrons. The molecule has 15 heavy (non-hydrogen) atoms. The molecule has 0 aliphatic rings. The first kappa shape index (κ1) is 11.8. The second kappa shape index (κ2) is 4.05. The molecule has 0 aliphatic heterocycles. The van der Waals surface area contributed by atoms with E-state index in [-0.39, 0.29) is 4.47 Å². The summed E-state index contributed by atoms with van der Waals surface area (Å²) < 4.78 is 37.1. The summed E-state index contributed by atoms with van der Waals surface area (Å²) in [6.07, 6.45) is -3.92. The van der Waals surface area contributed by atoms with Gasteiger partial charge in [-0.1, -0.05) is 0 Å². The van der Waals surface area contributed by atoms with E-state index in [0.29, 0.717) is 0 Å². The second-order valence-corrected chi connectivity index (χ2v) is 3.36. The van der Waals surface area contributed by atoms with E-state index in [1.807, 2.05) is 5.18 Å². The Labute approximate surface area is 89.6 Å². The van der Waals surface area contributed by atoms with Crippen molar-refractivity contribution in [3.8, 4) is 0 Å². The number of nitroso groups, excluding NO2 is 1. The van der Waals surface area contributed by atoms with E-state index in [2.05, 4.69) is 20.9 Å². The van der Waals surface area contributed by atoms with Crippen LogP contribution in [0.1, 0.15) is 16.1 Å². The fourth-order valence-electron chi connectivity index (χ4n) is 0.877. The molecular formula is C7H2BrF3N2O2. The Morgan fingerprint density at radius 2 is 2.07 bits per heavy atom. The molecule has 0 fully saturated rings. The summed E-state index contributed by atoms with van der Waals surface area (Å²) in [5, 5.41) is 1.92. The molecule has 0 bridgehead atoms. The van der Waals surface area contributed by atoms with Crippen molar-refractivity contribution in [1.82, 2.24) is 4.98 Å². The van der Waals surface area contributed by atoms with Gasteiger partial charge in [-0.25, -0.2) is 4.98 Å². The smallest absolute Gasteiger partial charge is 0.263 e. The number of alkyl halides is 3. The number of hydrogen-bond acceptors (Lipinski definition) is 3. The molecular weight excluding hydrogens is 281 g/mol. The molecule has 0 unspecified atom stereocenters. The van der Waals surface area contributed by atoms with E-state index < -0.39 is 23.3 Å². The maximum Gasteiger partial charge on any atom is 0.434 e. The third kappa shape index (κ3) is 2.58. The molecule has 0 saturated heterocycles. The quantitative estimate of drug-likeness (QED) is 0.744. The Morgan fingerprint density at radius 3 is 2.53 bits per heavy atom. The van der Waals surface area contributed by atoms with Crippen molar-refractivity contribution in [3.63, 3.8) is 0 Å². The van der Waals surface area contributed by atoms with Crippen LogP contribution in [0.2, 0.25) is 0 Å². The van der Waals surface area contributed by atoms with Gasteiger partial charge in [-0.15, -0.1) is 4.91 Å². The van der Waals surface area contributed by atoms with Gasteiger partial charge in [-0.05, 0) is 22.0 Å². The normalized spacial score (nSPS) is 11.2. The number of carbonyl (C=O) groups excluding carboxylic acids is 1. The van der Waals surface area contributed by atoms with Crippen LogP contribution in [-0.4, -0.2) is 10.9 Å². The van der Waals surface area contributed by atoms with Crippen molar-refractivity contribution in [2.45, 2.75) is 6.18 Å². The minimum atomic E-state index is -4.80. The summed E-state index contributed by atoms with van der Waals surface area (Å²) in [4.78, 5) is 23.7. The van der Waals surface area contributed by atoms with Gasteiger partial charge in [0.05, 0.1) is 5.56 Å². The average molecular weight is 283 g/mol. The van der Waals surface area contributed by atoms with E-state index in [1.54, 1.807) is 0 Å². The second-order valence-electron chi connectivity index (χ2n) is 2.44. The van der Waals surface area contributed by atoms with Crippen LogP contribution in [0, 0.1) is 4.91 Å². The topological polar surface area (TPSA) is 59.4 Å². The van der Waals surface area contributed by atoms with Crippen LogP contribution in [0.25, 0.3) is 0 Å². The van der Waals surface area contributed by atoms with Crippen molar-refractivity contribution >= 4 is 21.8 Å². The van der Waals surface area contributed by atoms with E-state index in [0.717, 1.165) is 12.3 Å². The molecule has 1 aromatic rings. The van der Waals surface area contributed by atoms with Crippen LogP contribution in [0.5, 0.6) is 0 Å². The fraction of sp³-hybridized carbons (Fsp3) is 0.143. The Morgan fingerprint density at radius 1 is 1.47 bits per heavy atom. The van der Waals surface area contributed by atoms with E-state index >= 15 is 0 Å². The maximum atomic E-state index is 12.3. The molecule has 1 aromatic heterocycles. The molecule has 0 atom stereocenters. The number of aromatic nitrogens is 1. The van der Waals surface area contributed by atoms with Crippen LogP contribution in [0.3, 0.4) is 0 Å². The lowest BCUT2D eigenvalue weighted by molar-refractivity contribution is -0.141. The van der Waals surface area contributed by atoms with E-state index in [4.69, 9.17) is 0 Å². The minimum absolute atomic E-state index is 0.155. The van der Waals surface area contributed by atoms with Gasteiger partial charge >= 0.3 is 12.1 Å². The van der Waals surface area contributed by atoms with E-state index in [9.17, 15) is 22.9 Å². The predicted molar refractivity (Wildman–Crippen MR) is 47.1 cm³/mol. The summed E-state index contributed by atoms with van der Waals surface area (Å²) in [6.45, 7) is 0. The molecule has 0 spiro atoms. The fourth-order valence-corrected chi connectivity index (χ4v) is 1.21. The molecule has 4 nitrogen and oxygen atoms in total. The van der Waals surface area contributed by atoms with Crippen molar-refractivity contribution in [2.75, 3.05) is 0 Å². The van der Waals surface area contributed by atoms with Crippen LogP contribution < -0.4 is 0 Å². The van der Waals surface area contributed by atoms with Crippen LogP contribution in [-0.2, 0) is 6.18 Å². The van der Waals surface area contributed by atoms with Crippen molar-refractivity contribution < 1.29 is 18.0 Å². The van der Waals surface area contributed by atoms with Crippen LogP contribution >= 0.6 is 15.9 Å². The third-order valence-electron chi connectivity index (χ3n) is 1.44. The molecule has 0 aliphatic carbocycles. The number of carbonyl (C=O) groups is 1. The number of halogens is 4. The van der Waals surface area contributed by atoms with Gasteiger partial charge in [0.1, 0.15) is 0 Å². The van der Waals surface area contributed by atoms with Gasteiger partial charge in [0.2, 0.25) is 0 Å². The van der Waals surface area contributed by atoms with Gasteiger partial charge < -0.3 is 0 Å². The summed E-state index contributed by atoms with van der Waals surface area (Å²) >= 11 is 2.83. The molecule has 1 amide bonds. The summed E-state index contributed by atoms with van der Waals surface area (Å²) in [6, 6.07) is 0.847. The highest BCUT2D eigenvalue weighted by molar-refractivity contribution is 9.10. The lowest BCUT2D eigenvalue weighted by Gasteiger charge is -2.08. The van der Waals surface area contributed by atoms with Crippen molar-refractivity contribution in [1.29, 1.82) is 0 Å². The number of rotatable bonds is 1. The van der Waals surface area contributed by atoms with Gasteiger partial charge in [0, 0.05) is 15.8 Å². The Bertz CT molecular complexity index is 419. The lowest BCUT2D eigenvalue weighted by atomic mass is 10.2. The summed E-state index contributed by atoms with van der Waals surface area (Å²) in [7, 11) is 0. The minimum Gasteiger partial charge on any atom is -0.263 e. The molecule has 80 valence electrons. The molecule has 0 N–H and O–H groups in total. The van der Waals surface area contributed by atoms with Gasteiger partial charge in [0.15, 0.2) is 5.69 Å². The van der Waals surface area contributed by atoms with Crippen LogP contribution in [0.4, 0.5) is 13.2 Å². The van der Waals surface area contributed by atoms with Gasteiger partial charge in [-0.2, -0.15) is 13.2 Å². The zero-order chi connectivity index (χ0) is 11.6. The number of hydrogen-bond donors (Lipinski definition) is 0. The molecule has 0 saturated carbocycles. The first-order valence-electron chi connectivity index (χ1n) is 3.46. The van der Waals surface area contributed by atoms with Crippen LogP contribution in [0.15, 0.2) is 21.9 Å². The zero-order valence-electron chi connectivity index (χ0n) is 6.88. The highest BCUT2D eigenvalue weighted by Crippen LogP contribution is 2.31. The van der Waals surface area contributed by atoms with Crippen molar-refractivity contribution in [2.24, 2.45) is 5.18 Å². The number of nitrogens with zero attached hydrogens (tertiary/aromatic N) is 2. The summed E-state index contributed by atoms with van der Waals surface area (Å²) in [5.74, 6) is -1.50. The molecule has 1 heterocycles. The Hall–Kier alpha value is -1.31. The average Bonchev–Trinajstić information content (AvgIpc) is 2.14. The molecule has 0 aromatic carbocycles. The zero-order valence-corrected chi connectivity index (χ0v) is 8.46. The monoisotopic (exact) mass is 282 g/mol. The third-order valence-corrected chi connectivity index (χ3v) is 1.87. The van der Waals surface area contributed by atoms with Gasteiger partial charge in [0.25, 0.3) is 0 Å². The number of pyridine rings is 1. The first-order chi connectivity index (χ1) is 6.86. The number of amides is 1.